The highest BCUT2D eigenvalue weighted by molar-refractivity contribution is 7.12. The standard InChI is InChI=1S/C15H28N2S/c1-11(2)8-16-9-15-7-14(13(5)18-15)10-17(6)12(3)4/h7,11-12,16H,8-10H2,1-6H3. The first-order valence-electron chi connectivity index (χ1n) is 6.89. The van der Waals surface area contributed by atoms with E-state index in [0.717, 1.165) is 25.6 Å². The van der Waals surface area contributed by atoms with Crippen LogP contribution in [0.25, 0.3) is 0 Å². The Bertz CT molecular complexity index is 355. The molecule has 0 unspecified atom stereocenters. The van der Waals surface area contributed by atoms with Crippen molar-refractivity contribution in [1.29, 1.82) is 0 Å². The summed E-state index contributed by atoms with van der Waals surface area (Å²) in [6, 6.07) is 2.97. The van der Waals surface area contributed by atoms with E-state index in [1.54, 1.807) is 0 Å². The zero-order valence-corrected chi connectivity index (χ0v) is 13.5. The van der Waals surface area contributed by atoms with Crippen LogP contribution in [0, 0.1) is 12.8 Å². The molecule has 0 saturated carbocycles. The average Bonchev–Trinajstić information content (AvgIpc) is 2.58. The molecule has 0 saturated heterocycles. The van der Waals surface area contributed by atoms with Crippen molar-refractivity contribution < 1.29 is 0 Å². The van der Waals surface area contributed by atoms with Crippen molar-refractivity contribution in [3.8, 4) is 0 Å². The molecule has 0 bridgehead atoms. The van der Waals surface area contributed by atoms with Crippen molar-refractivity contribution in [3.05, 3.63) is 21.4 Å². The summed E-state index contributed by atoms with van der Waals surface area (Å²) in [6.07, 6.45) is 0. The van der Waals surface area contributed by atoms with Crippen LogP contribution in [-0.2, 0) is 13.1 Å². The summed E-state index contributed by atoms with van der Waals surface area (Å²) in [4.78, 5) is 5.31. The maximum absolute atomic E-state index is 3.51. The fourth-order valence-corrected chi connectivity index (χ4v) is 2.79. The number of nitrogens with zero attached hydrogens (tertiary/aromatic N) is 1. The fourth-order valence-electron chi connectivity index (χ4n) is 1.77. The Balaban J connectivity index is 2.53. The van der Waals surface area contributed by atoms with Gasteiger partial charge in [0.25, 0.3) is 0 Å². The van der Waals surface area contributed by atoms with E-state index in [2.05, 4.69) is 57.9 Å². The molecule has 3 heteroatoms. The van der Waals surface area contributed by atoms with Crippen molar-refractivity contribution in [3.63, 3.8) is 0 Å². The van der Waals surface area contributed by atoms with E-state index >= 15 is 0 Å². The van der Waals surface area contributed by atoms with Crippen molar-refractivity contribution in [2.24, 2.45) is 5.92 Å². The van der Waals surface area contributed by atoms with Gasteiger partial charge in [-0.1, -0.05) is 13.8 Å². The Morgan fingerprint density at radius 1 is 1.28 bits per heavy atom. The molecule has 1 heterocycles. The van der Waals surface area contributed by atoms with Gasteiger partial charge in [-0.15, -0.1) is 11.3 Å². The fraction of sp³-hybridized carbons (Fsp3) is 0.733. The highest BCUT2D eigenvalue weighted by atomic mass is 32.1. The van der Waals surface area contributed by atoms with Crippen LogP contribution < -0.4 is 5.32 Å². The van der Waals surface area contributed by atoms with Gasteiger partial charge in [0.05, 0.1) is 0 Å². The van der Waals surface area contributed by atoms with Crippen LogP contribution in [0.5, 0.6) is 0 Å². The van der Waals surface area contributed by atoms with Gasteiger partial charge in [0, 0.05) is 28.9 Å². The molecule has 0 aliphatic rings. The summed E-state index contributed by atoms with van der Waals surface area (Å²) in [7, 11) is 2.19. The second kappa shape index (κ2) is 7.27. The summed E-state index contributed by atoms with van der Waals surface area (Å²) in [5, 5.41) is 3.51. The first kappa shape index (κ1) is 15.7. The van der Waals surface area contributed by atoms with Crippen LogP contribution in [0.2, 0.25) is 0 Å². The quantitative estimate of drug-likeness (QED) is 0.812. The van der Waals surface area contributed by atoms with Crippen molar-refractivity contribution in [2.75, 3.05) is 13.6 Å². The molecule has 0 atom stereocenters. The lowest BCUT2D eigenvalue weighted by Crippen LogP contribution is -2.25. The Morgan fingerprint density at radius 3 is 2.50 bits per heavy atom. The molecule has 0 aromatic carbocycles. The predicted octanol–water partition coefficient (Wildman–Crippen LogP) is 3.64. The van der Waals surface area contributed by atoms with E-state index in [4.69, 9.17) is 0 Å². The third-order valence-electron chi connectivity index (χ3n) is 3.22. The number of rotatable bonds is 7. The number of hydrogen-bond donors (Lipinski definition) is 1. The molecule has 0 spiro atoms. The lowest BCUT2D eigenvalue weighted by Gasteiger charge is -2.20. The molecule has 104 valence electrons. The van der Waals surface area contributed by atoms with E-state index in [-0.39, 0.29) is 0 Å². The minimum absolute atomic E-state index is 0.604. The van der Waals surface area contributed by atoms with E-state index in [1.807, 2.05) is 11.3 Å². The lowest BCUT2D eigenvalue weighted by atomic mass is 10.2. The molecule has 0 radical (unpaired) electrons. The van der Waals surface area contributed by atoms with Gasteiger partial charge in [0.1, 0.15) is 0 Å². The monoisotopic (exact) mass is 268 g/mol. The Hall–Kier alpha value is -0.380. The highest BCUT2D eigenvalue weighted by Gasteiger charge is 2.10. The van der Waals surface area contributed by atoms with Crippen LogP contribution in [0.4, 0.5) is 0 Å². The van der Waals surface area contributed by atoms with Crippen LogP contribution in [0.15, 0.2) is 6.07 Å². The Labute approximate surface area is 116 Å². The summed E-state index contributed by atoms with van der Waals surface area (Å²) in [6.45, 7) is 14.4. The van der Waals surface area contributed by atoms with Gasteiger partial charge in [-0.25, -0.2) is 0 Å². The van der Waals surface area contributed by atoms with Crippen LogP contribution in [0.3, 0.4) is 0 Å². The van der Waals surface area contributed by atoms with Gasteiger partial charge in [0.2, 0.25) is 0 Å². The Morgan fingerprint density at radius 2 is 1.94 bits per heavy atom. The van der Waals surface area contributed by atoms with Gasteiger partial charge >= 0.3 is 0 Å². The number of thiophene rings is 1. The van der Waals surface area contributed by atoms with Gasteiger partial charge in [-0.2, -0.15) is 0 Å². The van der Waals surface area contributed by atoms with Crippen molar-refractivity contribution >= 4 is 11.3 Å². The molecule has 0 amide bonds. The van der Waals surface area contributed by atoms with Gasteiger partial charge < -0.3 is 5.32 Å². The normalized spacial score (nSPS) is 12.1. The third kappa shape index (κ3) is 5.09. The largest absolute Gasteiger partial charge is 0.312 e. The zero-order chi connectivity index (χ0) is 13.7. The maximum atomic E-state index is 3.51. The second-order valence-electron chi connectivity index (χ2n) is 5.83. The highest BCUT2D eigenvalue weighted by Crippen LogP contribution is 2.23. The summed E-state index contributed by atoms with van der Waals surface area (Å²) >= 11 is 1.93. The van der Waals surface area contributed by atoms with E-state index in [0.29, 0.717) is 6.04 Å². The topological polar surface area (TPSA) is 15.3 Å². The first-order chi connectivity index (χ1) is 8.40. The molecule has 1 aromatic rings. The average molecular weight is 268 g/mol. The molecule has 0 aliphatic heterocycles. The SMILES string of the molecule is Cc1sc(CNCC(C)C)cc1CN(C)C(C)C. The van der Waals surface area contributed by atoms with Gasteiger partial charge in [0.15, 0.2) is 0 Å². The minimum Gasteiger partial charge on any atom is -0.312 e. The van der Waals surface area contributed by atoms with Crippen LogP contribution in [0.1, 0.15) is 43.0 Å². The molecular weight excluding hydrogens is 240 g/mol. The summed E-state index contributed by atoms with van der Waals surface area (Å²) < 4.78 is 0. The minimum atomic E-state index is 0.604. The Kier molecular flexibility index (Phi) is 6.33. The molecule has 1 aromatic heterocycles. The summed E-state index contributed by atoms with van der Waals surface area (Å²) in [5.74, 6) is 0.720. The van der Waals surface area contributed by atoms with Gasteiger partial charge in [-0.05, 0) is 51.9 Å². The molecule has 1 N–H and O–H groups in total. The van der Waals surface area contributed by atoms with Crippen LogP contribution >= 0.6 is 11.3 Å². The maximum Gasteiger partial charge on any atom is 0.0300 e. The van der Waals surface area contributed by atoms with E-state index in [1.165, 1.54) is 15.3 Å². The first-order valence-corrected chi connectivity index (χ1v) is 7.71. The molecule has 1 rings (SSSR count). The van der Waals surface area contributed by atoms with Gasteiger partial charge in [-0.3, -0.25) is 4.90 Å². The number of hydrogen-bond acceptors (Lipinski definition) is 3. The third-order valence-corrected chi connectivity index (χ3v) is 4.32. The van der Waals surface area contributed by atoms with E-state index < -0.39 is 0 Å². The van der Waals surface area contributed by atoms with Crippen LogP contribution in [-0.4, -0.2) is 24.5 Å². The van der Waals surface area contributed by atoms with Crippen molar-refractivity contribution in [2.45, 2.75) is 53.8 Å². The number of nitrogens with one attached hydrogen (secondary N) is 1. The second-order valence-corrected chi connectivity index (χ2v) is 7.17. The van der Waals surface area contributed by atoms with E-state index in [9.17, 15) is 0 Å². The molecule has 0 aliphatic carbocycles. The molecule has 2 nitrogen and oxygen atoms in total. The molecule has 18 heavy (non-hydrogen) atoms. The molecule has 0 fully saturated rings. The zero-order valence-electron chi connectivity index (χ0n) is 12.7. The number of aryl methyl sites for hydroxylation is 1. The summed E-state index contributed by atoms with van der Waals surface area (Å²) in [5.41, 5.74) is 1.48. The van der Waals surface area contributed by atoms with Crippen molar-refractivity contribution in [1.82, 2.24) is 10.2 Å². The lowest BCUT2D eigenvalue weighted by molar-refractivity contribution is 0.265. The predicted molar refractivity (Wildman–Crippen MR) is 82.2 cm³/mol. The smallest absolute Gasteiger partial charge is 0.0300 e. The molecular formula is C15H28N2S.